The van der Waals surface area contributed by atoms with E-state index in [1.807, 2.05) is 30.3 Å². The number of aromatic amines is 1. The Morgan fingerprint density at radius 3 is 2.89 bits per heavy atom. The van der Waals surface area contributed by atoms with Gasteiger partial charge in [-0.05, 0) is 25.5 Å². The summed E-state index contributed by atoms with van der Waals surface area (Å²) in [6.45, 7) is 4.21. The summed E-state index contributed by atoms with van der Waals surface area (Å²) in [5, 5.41) is 4.09. The van der Waals surface area contributed by atoms with Crippen LogP contribution in [-0.4, -0.2) is 16.9 Å². The largest absolute Gasteiger partial charge is 0.351 e. The molecule has 2 N–H and O–H groups in total. The van der Waals surface area contributed by atoms with Gasteiger partial charge in [-0.15, -0.1) is 0 Å². The molecule has 1 aromatic carbocycles. The summed E-state index contributed by atoms with van der Waals surface area (Å²) in [5.74, 6) is -0.0187. The summed E-state index contributed by atoms with van der Waals surface area (Å²) >= 11 is 0. The van der Waals surface area contributed by atoms with Crippen LogP contribution in [0.15, 0.2) is 30.3 Å². The Hall–Kier alpha value is -1.77. The molecular formula is C15H20N2O. The molecule has 0 aliphatic carbocycles. The first-order valence-corrected chi connectivity index (χ1v) is 6.59. The first-order valence-electron chi connectivity index (χ1n) is 6.59. The van der Waals surface area contributed by atoms with Crippen molar-refractivity contribution in [3.05, 3.63) is 36.0 Å². The molecule has 2 rings (SSSR count). The second kappa shape index (κ2) is 5.71. The van der Waals surface area contributed by atoms with Crippen molar-refractivity contribution in [3.63, 3.8) is 0 Å². The van der Waals surface area contributed by atoms with Gasteiger partial charge >= 0.3 is 0 Å². The highest BCUT2D eigenvalue weighted by molar-refractivity contribution is 5.98. The summed E-state index contributed by atoms with van der Waals surface area (Å²) in [6, 6.07) is 10.0. The molecule has 18 heavy (non-hydrogen) atoms. The van der Waals surface area contributed by atoms with E-state index >= 15 is 0 Å². The van der Waals surface area contributed by atoms with Crippen LogP contribution in [0.2, 0.25) is 0 Å². The van der Waals surface area contributed by atoms with Crippen LogP contribution < -0.4 is 5.32 Å². The number of unbranched alkanes of at least 4 members (excludes halogenated alkanes) is 1. The van der Waals surface area contributed by atoms with Crippen LogP contribution in [0.25, 0.3) is 10.9 Å². The van der Waals surface area contributed by atoms with Gasteiger partial charge in [0.15, 0.2) is 0 Å². The quantitative estimate of drug-likeness (QED) is 0.831. The Labute approximate surface area is 108 Å². The van der Waals surface area contributed by atoms with E-state index in [9.17, 15) is 4.79 Å². The van der Waals surface area contributed by atoms with Crippen molar-refractivity contribution in [1.29, 1.82) is 0 Å². The number of H-pyrrole nitrogens is 1. The number of hydrogen-bond acceptors (Lipinski definition) is 1. The zero-order chi connectivity index (χ0) is 13.0. The van der Waals surface area contributed by atoms with Crippen LogP contribution in [-0.2, 0) is 0 Å². The monoisotopic (exact) mass is 244 g/mol. The molecule has 0 saturated carbocycles. The molecule has 0 radical (unpaired) electrons. The van der Waals surface area contributed by atoms with Crippen LogP contribution >= 0.6 is 0 Å². The van der Waals surface area contributed by atoms with Crippen molar-refractivity contribution in [1.82, 2.24) is 10.3 Å². The summed E-state index contributed by atoms with van der Waals surface area (Å²) in [6.07, 6.45) is 3.34. The van der Waals surface area contributed by atoms with Crippen molar-refractivity contribution in [2.45, 2.75) is 39.2 Å². The van der Waals surface area contributed by atoms with Gasteiger partial charge in [0.25, 0.3) is 5.91 Å². The van der Waals surface area contributed by atoms with E-state index < -0.39 is 0 Å². The molecule has 96 valence electrons. The summed E-state index contributed by atoms with van der Waals surface area (Å²) in [7, 11) is 0. The zero-order valence-electron chi connectivity index (χ0n) is 11.0. The lowest BCUT2D eigenvalue weighted by molar-refractivity contribution is 0.0934. The van der Waals surface area contributed by atoms with Crippen molar-refractivity contribution >= 4 is 16.8 Å². The molecule has 0 spiro atoms. The minimum Gasteiger partial charge on any atom is -0.351 e. The Balaban J connectivity index is 2.04. The van der Waals surface area contributed by atoms with Gasteiger partial charge in [-0.3, -0.25) is 4.79 Å². The van der Waals surface area contributed by atoms with E-state index in [0.29, 0.717) is 5.69 Å². The molecule has 3 nitrogen and oxygen atoms in total. The maximum absolute atomic E-state index is 12.0. The summed E-state index contributed by atoms with van der Waals surface area (Å²) < 4.78 is 0. The van der Waals surface area contributed by atoms with E-state index in [4.69, 9.17) is 0 Å². The molecule has 3 heteroatoms. The number of fused-ring (bicyclic) bond motifs is 1. The smallest absolute Gasteiger partial charge is 0.267 e. The average Bonchev–Trinajstić information content (AvgIpc) is 2.80. The number of hydrogen-bond donors (Lipinski definition) is 2. The highest BCUT2D eigenvalue weighted by atomic mass is 16.1. The number of aromatic nitrogens is 1. The lowest BCUT2D eigenvalue weighted by atomic mass is 10.1. The molecule has 1 atom stereocenters. The van der Waals surface area contributed by atoms with Crippen LogP contribution in [0, 0.1) is 0 Å². The predicted octanol–water partition coefficient (Wildman–Crippen LogP) is 3.48. The molecule has 1 heterocycles. The molecule has 2 aromatic rings. The van der Waals surface area contributed by atoms with Crippen LogP contribution in [0.5, 0.6) is 0 Å². The molecule has 1 unspecified atom stereocenters. The zero-order valence-corrected chi connectivity index (χ0v) is 11.0. The third-order valence-electron chi connectivity index (χ3n) is 3.14. The molecule has 0 saturated heterocycles. The van der Waals surface area contributed by atoms with Crippen molar-refractivity contribution in [2.24, 2.45) is 0 Å². The Morgan fingerprint density at radius 2 is 2.17 bits per heavy atom. The first kappa shape index (κ1) is 12.7. The van der Waals surface area contributed by atoms with Gasteiger partial charge in [-0.2, -0.15) is 0 Å². The van der Waals surface area contributed by atoms with E-state index in [1.54, 1.807) is 0 Å². The van der Waals surface area contributed by atoms with E-state index in [2.05, 4.69) is 24.1 Å². The third kappa shape index (κ3) is 2.92. The SMILES string of the molecule is CCCCC(C)NC(=O)c1cc2ccccc2[nH]1. The Morgan fingerprint density at radius 1 is 1.39 bits per heavy atom. The molecule has 0 aliphatic rings. The number of carbonyl (C=O) groups is 1. The van der Waals surface area contributed by atoms with E-state index in [0.717, 1.165) is 30.2 Å². The number of para-hydroxylation sites is 1. The minimum atomic E-state index is -0.0187. The van der Waals surface area contributed by atoms with Gasteiger partial charge in [-0.25, -0.2) is 0 Å². The molecule has 1 amide bonds. The summed E-state index contributed by atoms with van der Waals surface area (Å²) in [5.41, 5.74) is 1.64. The Bertz CT molecular complexity index is 497. The number of rotatable bonds is 5. The number of nitrogens with one attached hydrogen (secondary N) is 2. The maximum atomic E-state index is 12.0. The molecule has 0 aliphatic heterocycles. The fourth-order valence-electron chi connectivity index (χ4n) is 2.08. The van der Waals surface area contributed by atoms with E-state index in [1.165, 1.54) is 0 Å². The minimum absolute atomic E-state index is 0.0187. The number of carbonyl (C=O) groups excluding carboxylic acids is 1. The van der Waals surface area contributed by atoms with E-state index in [-0.39, 0.29) is 11.9 Å². The maximum Gasteiger partial charge on any atom is 0.267 e. The van der Waals surface area contributed by atoms with Gasteiger partial charge in [0, 0.05) is 16.9 Å². The lowest BCUT2D eigenvalue weighted by Gasteiger charge is -2.12. The third-order valence-corrected chi connectivity index (χ3v) is 3.14. The van der Waals surface area contributed by atoms with Crippen LogP contribution in [0.4, 0.5) is 0 Å². The van der Waals surface area contributed by atoms with Crippen LogP contribution in [0.1, 0.15) is 43.6 Å². The van der Waals surface area contributed by atoms with Crippen molar-refractivity contribution in [2.75, 3.05) is 0 Å². The predicted molar refractivity (Wildman–Crippen MR) is 74.8 cm³/mol. The Kier molecular flexibility index (Phi) is 4.03. The molecule has 1 aromatic heterocycles. The number of amides is 1. The summed E-state index contributed by atoms with van der Waals surface area (Å²) in [4.78, 5) is 15.2. The van der Waals surface area contributed by atoms with Gasteiger partial charge in [-0.1, -0.05) is 38.0 Å². The highest BCUT2D eigenvalue weighted by Crippen LogP contribution is 2.14. The highest BCUT2D eigenvalue weighted by Gasteiger charge is 2.11. The lowest BCUT2D eigenvalue weighted by Crippen LogP contribution is -2.32. The second-order valence-electron chi connectivity index (χ2n) is 4.79. The van der Waals surface area contributed by atoms with Crippen LogP contribution in [0.3, 0.4) is 0 Å². The normalized spacial score (nSPS) is 12.6. The fourth-order valence-corrected chi connectivity index (χ4v) is 2.08. The van der Waals surface area contributed by atoms with Gasteiger partial charge < -0.3 is 10.3 Å². The number of benzene rings is 1. The van der Waals surface area contributed by atoms with Crippen molar-refractivity contribution in [3.8, 4) is 0 Å². The topological polar surface area (TPSA) is 44.9 Å². The van der Waals surface area contributed by atoms with Gasteiger partial charge in [0.05, 0.1) is 0 Å². The molecule has 0 fully saturated rings. The average molecular weight is 244 g/mol. The standard InChI is InChI=1S/C15H20N2O/c1-3-4-7-11(2)16-15(18)14-10-12-8-5-6-9-13(12)17-14/h5-6,8-11,17H,3-4,7H2,1-2H3,(H,16,18). The van der Waals surface area contributed by atoms with Crippen molar-refractivity contribution < 1.29 is 4.79 Å². The molecule has 0 bridgehead atoms. The molecular weight excluding hydrogens is 224 g/mol. The second-order valence-corrected chi connectivity index (χ2v) is 4.79. The van der Waals surface area contributed by atoms with Gasteiger partial charge in [0.1, 0.15) is 5.69 Å². The first-order chi connectivity index (χ1) is 8.70. The fraction of sp³-hybridized carbons (Fsp3) is 0.400. The van der Waals surface area contributed by atoms with Gasteiger partial charge in [0.2, 0.25) is 0 Å².